The van der Waals surface area contributed by atoms with E-state index in [2.05, 4.69) is 9.10 Å². The van der Waals surface area contributed by atoms with Crippen molar-refractivity contribution in [3.63, 3.8) is 0 Å². The number of nitrogens with zero attached hydrogens (tertiary/aromatic N) is 1. The van der Waals surface area contributed by atoms with E-state index in [0.717, 1.165) is 23.5 Å². The van der Waals surface area contributed by atoms with Gasteiger partial charge in [-0.1, -0.05) is 13.0 Å². The zero-order valence-corrected chi connectivity index (χ0v) is 12.6. The lowest BCUT2D eigenvalue weighted by atomic mass is 10.1. The van der Waals surface area contributed by atoms with Gasteiger partial charge in [-0.25, -0.2) is 8.42 Å². The molecule has 0 atom stereocenters. The van der Waals surface area contributed by atoms with E-state index in [9.17, 15) is 13.5 Å². The van der Waals surface area contributed by atoms with Gasteiger partial charge in [0.1, 0.15) is 5.75 Å². The minimum Gasteiger partial charge on any atom is -0.506 e. The van der Waals surface area contributed by atoms with Crippen LogP contribution >= 0.6 is 11.5 Å². The van der Waals surface area contributed by atoms with Gasteiger partial charge in [0.2, 0.25) is 5.88 Å². The molecule has 2 rings (SSSR count). The molecular formula is C12H14N2O4S2. The second kappa shape index (κ2) is 5.68. The first-order chi connectivity index (χ1) is 9.46. The molecule has 0 aliphatic rings. The predicted octanol–water partition coefficient (Wildman–Crippen LogP) is 2.22. The average Bonchev–Trinajstić information content (AvgIpc) is 2.91. The van der Waals surface area contributed by atoms with Gasteiger partial charge in [-0.05, 0) is 35.6 Å². The summed E-state index contributed by atoms with van der Waals surface area (Å²) >= 11 is 0.809. The summed E-state index contributed by atoms with van der Waals surface area (Å²) in [5, 5.41) is 9.73. The number of aromatic hydroxyl groups is 1. The average molecular weight is 314 g/mol. The van der Waals surface area contributed by atoms with Crippen LogP contribution in [0.4, 0.5) is 5.69 Å². The molecule has 6 nitrogen and oxygen atoms in total. The van der Waals surface area contributed by atoms with Crippen molar-refractivity contribution in [3.05, 3.63) is 29.8 Å². The fourth-order valence-corrected chi connectivity index (χ4v) is 3.45. The topological polar surface area (TPSA) is 88.5 Å². The van der Waals surface area contributed by atoms with Crippen molar-refractivity contribution in [1.29, 1.82) is 0 Å². The summed E-state index contributed by atoms with van der Waals surface area (Å²) in [5.74, 6) is 0.115. The lowest BCUT2D eigenvalue weighted by molar-refractivity contribution is 0.402. The summed E-state index contributed by atoms with van der Waals surface area (Å²) < 4.78 is 35.4. The highest BCUT2D eigenvalue weighted by Gasteiger charge is 2.20. The van der Waals surface area contributed by atoms with E-state index < -0.39 is 10.0 Å². The molecule has 2 aromatic rings. The Morgan fingerprint density at radius 3 is 2.75 bits per heavy atom. The number of hydrogen-bond acceptors (Lipinski definition) is 6. The monoisotopic (exact) mass is 314 g/mol. The third kappa shape index (κ3) is 3.02. The Morgan fingerprint density at radius 1 is 1.40 bits per heavy atom. The van der Waals surface area contributed by atoms with Gasteiger partial charge in [-0.2, -0.15) is 4.37 Å². The number of benzene rings is 1. The molecule has 0 aliphatic carbocycles. The number of rotatable bonds is 5. The molecule has 1 aromatic carbocycles. The zero-order chi connectivity index (χ0) is 14.8. The van der Waals surface area contributed by atoms with Gasteiger partial charge in [0, 0.05) is 6.07 Å². The molecule has 1 heterocycles. The lowest BCUT2D eigenvalue weighted by Gasteiger charge is -2.09. The van der Waals surface area contributed by atoms with E-state index in [0.29, 0.717) is 0 Å². The number of nitrogens with one attached hydrogen (secondary N) is 1. The number of hydrogen-bond donors (Lipinski definition) is 2. The fraction of sp³-hybridized carbons (Fsp3) is 0.250. The van der Waals surface area contributed by atoms with Gasteiger partial charge in [0.15, 0.2) is 4.21 Å². The minimum atomic E-state index is -3.78. The Bertz CT molecular complexity index is 710. The Kier molecular flexibility index (Phi) is 4.15. The molecule has 0 fully saturated rings. The summed E-state index contributed by atoms with van der Waals surface area (Å²) in [6, 6.07) is 6.13. The molecule has 2 N–H and O–H groups in total. The molecular weight excluding hydrogens is 300 g/mol. The zero-order valence-electron chi connectivity index (χ0n) is 11.0. The maximum absolute atomic E-state index is 12.2. The second-order valence-corrected chi connectivity index (χ2v) is 6.71. The van der Waals surface area contributed by atoms with Gasteiger partial charge >= 0.3 is 0 Å². The van der Waals surface area contributed by atoms with Crippen LogP contribution in [-0.4, -0.2) is 25.0 Å². The van der Waals surface area contributed by atoms with Crippen LogP contribution in [-0.2, 0) is 16.4 Å². The predicted molar refractivity (Wildman–Crippen MR) is 77.0 cm³/mol. The van der Waals surface area contributed by atoms with E-state index >= 15 is 0 Å². The van der Waals surface area contributed by atoms with E-state index in [1.165, 1.54) is 19.2 Å². The molecule has 108 valence electrons. The summed E-state index contributed by atoms with van der Waals surface area (Å²) in [4.78, 5) is 0. The van der Waals surface area contributed by atoms with Crippen molar-refractivity contribution in [3.8, 4) is 11.6 Å². The van der Waals surface area contributed by atoms with Crippen LogP contribution in [0.5, 0.6) is 11.6 Å². The van der Waals surface area contributed by atoms with Crippen LogP contribution in [0, 0.1) is 0 Å². The van der Waals surface area contributed by atoms with Crippen molar-refractivity contribution in [2.75, 3.05) is 11.8 Å². The first-order valence-corrected chi connectivity index (χ1v) is 8.07. The second-order valence-electron chi connectivity index (χ2n) is 4.00. The van der Waals surface area contributed by atoms with Crippen molar-refractivity contribution >= 4 is 27.2 Å². The normalized spacial score (nSPS) is 11.3. The summed E-state index contributed by atoms with van der Waals surface area (Å²) in [6.07, 6.45) is 0.739. The molecule has 0 amide bonds. The smallest absolute Gasteiger partial charge is 0.273 e. The maximum Gasteiger partial charge on any atom is 0.273 e. The number of methoxy groups -OCH3 is 1. The Labute approximate surface area is 121 Å². The molecule has 0 bridgehead atoms. The van der Waals surface area contributed by atoms with Gasteiger partial charge in [-0.15, -0.1) is 0 Å². The standard InChI is InChI=1S/C12H14N2O4S2/c1-3-8-4-5-10(15)9(6-8)14-20(16,17)12-7-11(18-2)13-19-12/h4-7,14-15H,3H2,1-2H3. The number of aryl methyl sites for hydroxylation is 1. The Hall–Kier alpha value is -1.80. The molecule has 8 heteroatoms. The molecule has 0 spiro atoms. The SMILES string of the molecule is CCc1ccc(O)c(NS(=O)(=O)c2cc(OC)ns2)c1. The molecule has 0 unspecified atom stereocenters. The third-order valence-corrected chi connectivity index (χ3v) is 5.24. The number of phenolic OH excluding ortho intramolecular Hbond substituents is 1. The Balaban J connectivity index is 2.32. The molecule has 20 heavy (non-hydrogen) atoms. The van der Waals surface area contributed by atoms with Crippen LogP contribution in [0.25, 0.3) is 0 Å². The molecule has 0 radical (unpaired) electrons. The van der Waals surface area contributed by atoms with Gasteiger partial charge < -0.3 is 9.84 Å². The van der Waals surface area contributed by atoms with Crippen molar-refractivity contribution in [2.45, 2.75) is 17.6 Å². The first-order valence-electron chi connectivity index (χ1n) is 5.81. The van der Waals surface area contributed by atoms with Crippen LogP contribution in [0.3, 0.4) is 0 Å². The largest absolute Gasteiger partial charge is 0.506 e. The van der Waals surface area contributed by atoms with Crippen molar-refractivity contribution in [2.24, 2.45) is 0 Å². The number of aromatic nitrogens is 1. The van der Waals surface area contributed by atoms with E-state index in [1.807, 2.05) is 6.92 Å². The maximum atomic E-state index is 12.2. The highest BCUT2D eigenvalue weighted by Crippen LogP contribution is 2.29. The summed E-state index contributed by atoms with van der Waals surface area (Å²) in [6.45, 7) is 1.94. The quantitative estimate of drug-likeness (QED) is 0.826. The molecule has 0 saturated heterocycles. The first kappa shape index (κ1) is 14.6. The van der Waals surface area contributed by atoms with E-state index in [4.69, 9.17) is 4.74 Å². The van der Waals surface area contributed by atoms with E-state index in [-0.39, 0.29) is 21.5 Å². The van der Waals surface area contributed by atoms with Gasteiger partial charge in [0.05, 0.1) is 12.8 Å². The number of phenols is 1. The van der Waals surface area contributed by atoms with Crippen LogP contribution in [0.2, 0.25) is 0 Å². The number of anilines is 1. The van der Waals surface area contributed by atoms with Crippen molar-refractivity contribution < 1.29 is 18.3 Å². The van der Waals surface area contributed by atoms with Crippen LogP contribution in [0.1, 0.15) is 12.5 Å². The van der Waals surface area contributed by atoms with E-state index in [1.54, 1.807) is 12.1 Å². The highest BCUT2D eigenvalue weighted by atomic mass is 32.2. The molecule has 0 saturated carbocycles. The van der Waals surface area contributed by atoms with Gasteiger partial charge in [-0.3, -0.25) is 4.72 Å². The van der Waals surface area contributed by atoms with Gasteiger partial charge in [0.25, 0.3) is 10.0 Å². The van der Waals surface area contributed by atoms with Crippen LogP contribution < -0.4 is 9.46 Å². The minimum absolute atomic E-state index is 0.0238. The number of ether oxygens (including phenoxy) is 1. The summed E-state index contributed by atoms with van der Waals surface area (Å²) in [5.41, 5.74) is 1.07. The number of sulfonamides is 1. The summed E-state index contributed by atoms with van der Waals surface area (Å²) in [7, 11) is -2.37. The highest BCUT2D eigenvalue weighted by molar-refractivity contribution is 7.94. The Morgan fingerprint density at radius 2 is 2.15 bits per heavy atom. The fourth-order valence-electron chi connectivity index (χ4n) is 1.55. The van der Waals surface area contributed by atoms with Crippen molar-refractivity contribution in [1.82, 2.24) is 4.37 Å². The molecule has 0 aliphatic heterocycles. The van der Waals surface area contributed by atoms with Crippen LogP contribution in [0.15, 0.2) is 28.5 Å². The molecule has 1 aromatic heterocycles. The lowest BCUT2D eigenvalue weighted by Crippen LogP contribution is -2.11. The third-order valence-electron chi connectivity index (χ3n) is 2.65.